The number of nitrogens with one attached hydrogen (secondary N) is 1. The molecule has 7 nitrogen and oxygen atoms in total. The zero-order valence-corrected chi connectivity index (χ0v) is 14.2. The maximum Gasteiger partial charge on any atom is 0.323 e. The van der Waals surface area contributed by atoms with E-state index in [4.69, 9.17) is 9.47 Å². The van der Waals surface area contributed by atoms with Crippen LogP contribution < -0.4 is 14.2 Å². The second-order valence-electron chi connectivity index (χ2n) is 5.63. The fourth-order valence-corrected chi connectivity index (χ4v) is 3.46. The largest absolute Gasteiger partial charge is 0.486 e. The van der Waals surface area contributed by atoms with Crippen LogP contribution in [0.15, 0.2) is 23.1 Å². The molecule has 1 N–H and O–H groups in total. The molecule has 128 valence electrons. The van der Waals surface area contributed by atoms with Crippen molar-refractivity contribution in [3.63, 3.8) is 0 Å². The van der Waals surface area contributed by atoms with Crippen LogP contribution in [0.4, 0.5) is 0 Å². The Morgan fingerprint density at radius 3 is 2.52 bits per heavy atom. The fourth-order valence-electron chi connectivity index (χ4n) is 2.25. The summed E-state index contributed by atoms with van der Waals surface area (Å²) in [6.07, 6.45) is 0.344. The summed E-state index contributed by atoms with van der Waals surface area (Å²) in [5.74, 6) is 0.390. The highest BCUT2D eigenvalue weighted by atomic mass is 32.2. The highest BCUT2D eigenvalue weighted by molar-refractivity contribution is 7.89. The molecular weight excluding hydrogens is 322 g/mol. The predicted octanol–water partition coefficient (Wildman–Crippen LogP) is 1.32. The summed E-state index contributed by atoms with van der Waals surface area (Å²) >= 11 is 0. The smallest absolute Gasteiger partial charge is 0.323 e. The fraction of sp³-hybridized carbons (Fsp3) is 0.533. The van der Waals surface area contributed by atoms with Gasteiger partial charge in [0.25, 0.3) is 0 Å². The molecule has 0 spiro atoms. The molecule has 2 rings (SSSR count). The van der Waals surface area contributed by atoms with Crippen LogP contribution in [0.1, 0.15) is 20.3 Å². The second-order valence-corrected chi connectivity index (χ2v) is 7.35. The number of esters is 1. The van der Waals surface area contributed by atoms with E-state index < -0.39 is 22.0 Å². The Hall–Kier alpha value is -1.80. The summed E-state index contributed by atoms with van der Waals surface area (Å²) in [6.45, 7) is 4.58. The first-order chi connectivity index (χ1) is 10.8. The van der Waals surface area contributed by atoms with Crippen LogP contribution in [0.3, 0.4) is 0 Å². The van der Waals surface area contributed by atoms with E-state index in [1.807, 2.05) is 13.8 Å². The molecule has 0 bridgehead atoms. The van der Waals surface area contributed by atoms with Gasteiger partial charge in [0, 0.05) is 6.07 Å². The Kier molecular flexibility index (Phi) is 5.48. The summed E-state index contributed by atoms with van der Waals surface area (Å²) in [6, 6.07) is 3.41. The maximum absolute atomic E-state index is 12.5. The molecular formula is C15H21NO6S. The summed E-state index contributed by atoms with van der Waals surface area (Å²) in [7, 11) is -2.65. The molecule has 0 aromatic heterocycles. The summed E-state index contributed by atoms with van der Waals surface area (Å²) in [4.78, 5) is 11.8. The van der Waals surface area contributed by atoms with Crippen LogP contribution in [0, 0.1) is 5.92 Å². The molecule has 0 radical (unpaired) electrons. The van der Waals surface area contributed by atoms with Crippen molar-refractivity contribution < 1.29 is 27.4 Å². The van der Waals surface area contributed by atoms with E-state index >= 15 is 0 Å². The average Bonchev–Trinajstić information content (AvgIpc) is 2.52. The molecule has 1 unspecified atom stereocenters. The standard InChI is InChI=1S/C15H21NO6S/c1-10(2)8-12(15(17)20-3)16-23(18,19)11-4-5-13-14(9-11)22-7-6-21-13/h4-5,9-10,12,16H,6-8H2,1-3H3. The lowest BCUT2D eigenvalue weighted by Gasteiger charge is -2.21. The van der Waals surface area contributed by atoms with Gasteiger partial charge in [0.2, 0.25) is 10.0 Å². The Morgan fingerprint density at radius 1 is 1.26 bits per heavy atom. The van der Waals surface area contributed by atoms with Crippen LogP contribution >= 0.6 is 0 Å². The Balaban J connectivity index is 2.24. The molecule has 1 aliphatic heterocycles. The number of rotatable bonds is 6. The van der Waals surface area contributed by atoms with E-state index in [2.05, 4.69) is 9.46 Å². The van der Waals surface area contributed by atoms with Gasteiger partial charge in [-0.05, 0) is 24.5 Å². The van der Waals surface area contributed by atoms with Gasteiger partial charge in [0.05, 0.1) is 12.0 Å². The second kappa shape index (κ2) is 7.18. The minimum absolute atomic E-state index is 0.0133. The molecule has 0 saturated carbocycles. The van der Waals surface area contributed by atoms with Crippen molar-refractivity contribution in [1.29, 1.82) is 0 Å². The van der Waals surface area contributed by atoms with Crippen LogP contribution in [-0.2, 0) is 19.6 Å². The summed E-state index contributed by atoms with van der Waals surface area (Å²) in [5, 5.41) is 0. The molecule has 0 amide bonds. The van der Waals surface area contributed by atoms with Gasteiger partial charge in [-0.15, -0.1) is 0 Å². The van der Waals surface area contributed by atoms with E-state index in [-0.39, 0.29) is 10.8 Å². The van der Waals surface area contributed by atoms with Gasteiger partial charge >= 0.3 is 5.97 Å². The molecule has 23 heavy (non-hydrogen) atoms. The first kappa shape index (κ1) is 17.6. The summed E-state index contributed by atoms with van der Waals surface area (Å²) < 4.78 is 42.9. The topological polar surface area (TPSA) is 90.9 Å². The van der Waals surface area contributed by atoms with E-state index in [1.54, 1.807) is 6.07 Å². The molecule has 8 heteroatoms. The van der Waals surface area contributed by atoms with Gasteiger partial charge in [0.1, 0.15) is 19.3 Å². The lowest BCUT2D eigenvalue weighted by atomic mass is 10.1. The van der Waals surface area contributed by atoms with Crippen molar-refractivity contribution in [2.24, 2.45) is 5.92 Å². The highest BCUT2D eigenvalue weighted by Gasteiger charge is 2.28. The number of fused-ring (bicyclic) bond motifs is 1. The molecule has 0 aliphatic carbocycles. The highest BCUT2D eigenvalue weighted by Crippen LogP contribution is 2.32. The maximum atomic E-state index is 12.5. The van der Waals surface area contributed by atoms with Gasteiger partial charge in [0.15, 0.2) is 11.5 Å². The molecule has 1 aromatic rings. The Morgan fingerprint density at radius 2 is 1.91 bits per heavy atom. The van der Waals surface area contributed by atoms with Crippen LogP contribution in [-0.4, -0.2) is 40.8 Å². The van der Waals surface area contributed by atoms with E-state index in [0.29, 0.717) is 31.1 Å². The van der Waals surface area contributed by atoms with Crippen molar-refractivity contribution in [3.8, 4) is 11.5 Å². The SMILES string of the molecule is COC(=O)C(CC(C)C)NS(=O)(=O)c1ccc2c(c1)OCCO2. The van der Waals surface area contributed by atoms with Crippen molar-refractivity contribution in [2.45, 2.75) is 31.2 Å². The Labute approximate surface area is 136 Å². The zero-order valence-electron chi connectivity index (χ0n) is 13.4. The number of hydrogen-bond acceptors (Lipinski definition) is 6. The van der Waals surface area contributed by atoms with Gasteiger partial charge in [-0.2, -0.15) is 4.72 Å². The van der Waals surface area contributed by atoms with E-state index in [0.717, 1.165) is 0 Å². The van der Waals surface area contributed by atoms with Crippen LogP contribution in [0.5, 0.6) is 11.5 Å². The number of hydrogen-bond donors (Lipinski definition) is 1. The van der Waals surface area contributed by atoms with Gasteiger partial charge < -0.3 is 14.2 Å². The van der Waals surface area contributed by atoms with Crippen LogP contribution in [0.25, 0.3) is 0 Å². The molecule has 1 atom stereocenters. The van der Waals surface area contributed by atoms with Crippen molar-refractivity contribution in [1.82, 2.24) is 4.72 Å². The Bertz CT molecular complexity index is 671. The quantitative estimate of drug-likeness (QED) is 0.784. The zero-order chi connectivity index (χ0) is 17.0. The number of sulfonamides is 1. The minimum Gasteiger partial charge on any atom is -0.486 e. The van der Waals surface area contributed by atoms with Crippen molar-refractivity contribution >= 4 is 16.0 Å². The normalized spacial score (nSPS) is 15.3. The monoisotopic (exact) mass is 343 g/mol. The minimum atomic E-state index is -3.88. The molecule has 1 heterocycles. The number of carbonyl (C=O) groups is 1. The first-order valence-electron chi connectivity index (χ1n) is 7.33. The van der Waals surface area contributed by atoms with Crippen molar-refractivity contribution in [3.05, 3.63) is 18.2 Å². The van der Waals surface area contributed by atoms with Crippen molar-refractivity contribution in [2.75, 3.05) is 20.3 Å². The number of benzene rings is 1. The van der Waals surface area contributed by atoms with E-state index in [1.165, 1.54) is 19.2 Å². The third-order valence-electron chi connectivity index (χ3n) is 3.31. The van der Waals surface area contributed by atoms with Crippen LogP contribution in [0.2, 0.25) is 0 Å². The molecule has 0 fully saturated rings. The summed E-state index contributed by atoms with van der Waals surface area (Å²) in [5.41, 5.74) is 0. The number of carbonyl (C=O) groups excluding carboxylic acids is 1. The van der Waals surface area contributed by atoms with Gasteiger partial charge in [-0.1, -0.05) is 13.8 Å². The molecule has 1 aromatic carbocycles. The van der Waals surface area contributed by atoms with E-state index in [9.17, 15) is 13.2 Å². The average molecular weight is 343 g/mol. The van der Waals surface area contributed by atoms with Gasteiger partial charge in [-0.3, -0.25) is 4.79 Å². The number of methoxy groups -OCH3 is 1. The van der Waals surface area contributed by atoms with Gasteiger partial charge in [-0.25, -0.2) is 8.42 Å². The predicted molar refractivity (Wildman–Crippen MR) is 83.0 cm³/mol. The first-order valence-corrected chi connectivity index (χ1v) is 8.81. The lowest BCUT2D eigenvalue weighted by Crippen LogP contribution is -2.42. The number of ether oxygens (including phenoxy) is 3. The molecule has 0 saturated heterocycles. The lowest BCUT2D eigenvalue weighted by molar-refractivity contribution is -0.143. The molecule has 1 aliphatic rings. The third-order valence-corrected chi connectivity index (χ3v) is 4.78. The third kappa shape index (κ3) is 4.35.